The van der Waals surface area contributed by atoms with Gasteiger partial charge in [-0.05, 0) is 25.7 Å². The summed E-state index contributed by atoms with van der Waals surface area (Å²) in [7, 11) is 0. The van der Waals surface area contributed by atoms with Crippen LogP contribution in [0.3, 0.4) is 0 Å². The normalized spacial score (nSPS) is 22.8. The SMILES string of the molecule is CC(O)(CNC(=O)CC1C=CCC1)C(=O)O. The average molecular weight is 227 g/mol. The van der Waals surface area contributed by atoms with Crippen molar-refractivity contribution in [3.8, 4) is 0 Å². The highest BCUT2D eigenvalue weighted by molar-refractivity contribution is 5.80. The molecule has 90 valence electrons. The van der Waals surface area contributed by atoms with Crippen LogP contribution in [0.15, 0.2) is 12.2 Å². The lowest BCUT2D eigenvalue weighted by molar-refractivity contribution is -0.156. The highest BCUT2D eigenvalue weighted by Crippen LogP contribution is 2.19. The zero-order valence-corrected chi connectivity index (χ0v) is 9.27. The molecule has 0 aliphatic heterocycles. The van der Waals surface area contributed by atoms with Crippen molar-refractivity contribution in [2.24, 2.45) is 5.92 Å². The number of allylic oxidation sites excluding steroid dienone is 2. The Hall–Kier alpha value is -1.36. The smallest absolute Gasteiger partial charge is 0.337 e. The van der Waals surface area contributed by atoms with Gasteiger partial charge >= 0.3 is 5.97 Å². The Bertz CT molecular complexity index is 309. The highest BCUT2D eigenvalue weighted by atomic mass is 16.4. The van der Waals surface area contributed by atoms with Gasteiger partial charge in [-0.2, -0.15) is 0 Å². The van der Waals surface area contributed by atoms with Gasteiger partial charge in [0.15, 0.2) is 5.60 Å². The number of carboxylic acids is 1. The van der Waals surface area contributed by atoms with Gasteiger partial charge in [-0.25, -0.2) is 4.79 Å². The van der Waals surface area contributed by atoms with Crippen molar-refractivity contribution in [2.75, 3.05) is 6.54 Å². The quantitative estimate of drug-likeness (QED) is 0.589. The lowest BCUT2D eigenvalue weighted by Crippen LogP contribution is -2.46. The van der Waals surface area contributed by atoms with Crippen molar-refractivity contribution in [1.29, 1.82) is 0 Å². The second-order valence-corrected chi connectivity index (χ2v) is 4.33. The number of carbonyl (C=O) groups is 2. The van der Waals surface area contributed by atoms with Crippen LogP contribution < -0.4 is 5.32 Å². The molecule has 0 spiro atoms. The van der Waals surface area contributed by atoms with Gasteiger partial charge in [-0.3, -0.25) is 4.79 Å². The van der Waals surface area contributed by atoms with E-state index >= 15 is 0 Å². The molecule has 0 saturated heterocycles. The lowest BCUT2D eigenvalue weighted by Gasteiger charge is -2.18. The van der Waals surface area contributed by atoms with E-state index in [-0.39, 0.29) is 18.4 Å². The van der Waals surface area contributed by atoms with Gasteiger partial charge in [-0.15, -0.1) is 0 Å². The van der Waals surface area contributed by atoms with E-state index in [0.717, 1.165) is 19.8 Å². The number of amides is 1. The van der Waals surface area contributed by atoms with E-state index in [9.17, 15) is 14.7 Å². The summed E-state index contributed by atoms with van der Waals surface area (Å²) in [5, 5.41) is 20.4. The van der Waals surface area contributed by atoms with E-state index in [1.165, 1.54) is 0 Å². The van der Waals surface area contributed by atoms with Gasteiger partial charge < -0.3 is 15.5 Å². The van der Waals surface area contributed by atoms with Gasteiger partial charge in [0.05, 0.1) is 6.54 Å². The fraction of sp³-hybridized carbons (Fsp3) is 0.636. The summed E-state index contributed by atoms with van der Waals surface area (Å²) in [4.78, 5) is 22.0. The molecule has 0 saturated carbocycles. The molecular formula is C11H17NO4. The molecule has 3 N–H and O–H groups in total. The lowest BCUT2D eigenvalue weighted by atomic mass is 10.0. The first-order valence-electron chi connectivity index (χ1n) is 5.31. The Morgan fingerprint density at radius 1 is 1.56 bits per heavy atom. The molecule has 0 aromatic rings. The predicted octanol–water partition coefficient (Wildman–Crippen LogP) is 0.295. The van der Waals surface area contributed by atoms with Crippen LogP contribution in [0.4, 0.5) is 0 Å². The first kappa shape index (κ1) is 12.7. The maximum absolute atomic E-state index is 11.4. The van der Waals surface area contributed by atoms with E-state index in [1.54, 1.807) is 0 Å². The van der Waals surface area contributed by atoms with Crippen LogP contribution in [0.25, 0.3) is 0 Å². The maximum atomic E-state index is 11.4. The number of nitrogens with one attached hydrogen (secondary N) is 1. The minimum atomic E-state index is -1.90. The first-order chi connectivity index (χ1) is 7.42. The Morgan fingerprint density at radius 2 is 2.25 bits per heavy atom. The largest absolute Gasteiger partial charge is 0.479 e. The summed E-state index contributed by atoms with van der Waals surface area (Å²) in [6.07, 6.45) is 6.33. The van der Waals surface area contributed by atoms with Gasteiger partial charge in [0.1, 0.15) is 0 Å². The number of aliphatic hydroxyl groups is 1. The summed E-state index contributed by atoms with van der Waals surface area (Å²) in [5.41, 5.74) is -1.90. The fourth-order valence-electron chi connectivity index (χ4n) is 1.52. The molecule has 1 aliphatic carbocycles. The van der Waals surface area contributed by atoms with Gasteiger partial charge in [0, 0.05) is 6.42 Å². The van der Waals surface area contributed by atoms with E-state index in [1.807, 2.05) is 12.2 Å². The summed E-state index contributed by atoms with van der Waals surface area (Å²) >= 11 is 0. The monoisotopic (exact) mass is 227 g/mol. The average Bonchev–Trinajstić information content (AvgIpc) is 2.67. The molecular weight excluding hydrogens is 210 g/mol. The maximum Gasteiger partial charge on any atom is 0.337 e. The van der Waals surface area contributed by atoms with Crippen LogP contribution in [0.5, 0.6) is 0 Å². The number of carbonyl (C=O) groups excluding carboxylic acids is 1. The van der Waals surface area contributed by atoms with Crippen LogP contribution in [0, 0.1) is 5.92 Å². The molecule has 0 bridgehead atoms. The highest BCUT2D eigenvalue weighted by Gasteiger charge is 2.30. The standard InChI is InChI=1S/C11H17NO4/c1-11(16,10(14)15)7-12-9(13)6-8-4-2-3-5-8/h2,4,8,16H,3,5-7H2,1H3,(H,12,13)(H,14,15). The van der Waals surface area contributed by atoms with Crippen LogP contribution in [-0.2, 0) is 9.59 Å². The molecule has 16 heavy (non-hydrogen) atoms. The van der Waals surface area contributed by atoms with Crippen molar-refractivity contribution in [3.05, 3.63) is 12.2 Å². The van der Waals surface area contributed by atoms with Crippen LogP contribution >= 0.6 is 0 Å². The van der Waals surface area contributed by atoms with Crippen LogP contribution in [0.1, 0.15) is 26.2 Å². The molecule has 5 nitrogen and oxygen atoms in total. The Kier molecular flexibility index (Phi) is 4.06. The van der Waals surface area contributed by atoms with Crippen LogP contribution in [0.2, 0.25) is 0 Å². The van der Waals surface area contributed by atoms with Crippen molar-refractivity contribution in [3.63, 3.8) is 0 Å². The number of carboxylic acid groups (broad SMARTS) is 1. The van der Waals surface area contributed by atoms with Crippen molar-refractivity contribution in [1.82, 2.24) is 5.32 Å². The molecule has 0 aromatic carbocycles. The van der Waals surface area contributed by atoms with Crippen LogP contribution in [-0.4, -0.2) is 34.2 Å². The third-order valence-electron chi connectivity index (χ3n) is 2.65. The Morgan fingerprint density at radius 3 is 2.75 bits per heavy atom. The van der Waals surface area contributed by atoms with Gasteiger partial charge in [0.2, 0.25) is 5.91 Å². The number of rotatable bonds is 5. The molecule has 1 amide bonds. The van der Waals surface area contributed by atoms with Gasteiger partial charge in [0.25, 0.3) is 0 Å². The molecule has 2 unspecified atom stereocenters. The summed E-state index contributed by atoms with van der Waals surface area (Å²) < 4.78 is 0. The van der Waals surface area contributed by atoms with Crippen molar-refractivity contribution < 1.29 is 19.8 Å². The minimum absolute atomic E-state index is 0.224. The van der Waals surface area contributed by atoms with E-state index in [4.69, 9.17) is 5.11 Å². The molecule has 1 rings (SSSR count). The molecule has 0 aromatic heterocycles. The zero-order valence-electron chi connectivity index (χ0n) is 9.27. The summed E-state index contributed by atoms with van der Waals surface area (Å²) in [6.45, 7) is 0.892. The zero-order chi connectivity index (χ0) is 12.2. The minimum Gasteiger partial charge on any atom is -0.479 e. The predicted molar refractivity (Wildman–Crippen MR) is 57.8 cm³/mol. The van der Waals surface area contributed by atoms with E-state index < -0.39 is 11.6 Å². The fourth-order valence-corrected chi connectivity index (χ4v) is 1.52. The van der Waals surface area contributed by atoms with Gasteiger partial charge in [-0.1, -0.05) is 12.2 Å². The van der Waals surface area contributed by atoms with Crippen molar-refractivity contribution in [2.45, 2.75) is 31.8 Å². The third-order valence-corrected chi connectivity index (χ3v) is 2.65. The van der Waals surface area contributed by atoms with E-state index in [0.29, 0.717) is 6.42 Å². The molecule has 0 radical (unpaired) electrons. The second-order valence-electron chi connectivity index (χ2n) is 4.33. The second kappa shape index (κ2) is 5.12. The number of aliphatic carboxylic acids is 1. The molecule has 0 heterocycles. The summed E-state index contributed by atoms with van der Waals surface area (Å²) in [6, 6.07) is 0. The topological polar surface area (TPSA) is 86.6 Å². The first-order valence-corrected chi connectivity index (χ1v) is 5.31. The third kappa shape index (κ3) is 3.66. The van der Waals surface area contributed by atoms with Crippen molar-refractivity contribution >= 4 is 11.9 Å². The molecule has 5 heteroatoms. The molecule has 2 atom stereocenters. The summed E-state index contributed by atoms with van der Waals surface area (Å²) in [5.74, 6) is -1.32. The Labute approximate surface area is 94.2 Å². The number of hydrogen-bond donors (Lipinski definition) is 3. The van der Waals surface area contributed by atoms with E-state index in [2.05, 4.69) is 5.32 Å². The molecule has 1 aliphatic rings. The Balaban J connectivity index is 2.29. The number of hydrogen-bond acceptors (Lipinski definition) is 3. The molecule has 0 fully saturated rings.